The van der Waals surface area contributed by atoms with Crippen molar-refractivity contribution in [2.45, 2.75) is 12.2 Å². The predicted octanol–water partition coefficient (Wildman–Crippen LogP) is 6.20. The van der Waals surface area contributed by atoms with Crippen molar-refractivity contribution in [3.8, 4) is 23.0 Å². The first-order chi connectivity index (χ1) is 20.7. The summed E-state index contributed by atoms with van der Waals surface area (Å²) in [5.74, 6) is 3.20. The van der Waals surface area contributed by atoms with E-state index in [1.165, 1.54) is 0 Å². The molecule has 214 valence electrons. The van der Waals surface area contributed by atoms with Crippen LogP contribution in [0.2, 0.25) is 0 Å². The van der Waals surface area contributed by atoms with E-state index in [1.54, 1.807) is 0 Å². The van der Waals surface area contributed by atoms with Crippen LogP contribution in [0.25, 0.3) is 0 Å². The van der Waals surface area contributed by atoms with Gasteiger partial charge in [-0.25, -0.2) is 0 Å². The monoisotopic (exact) mass is 564 g/mol. The summed E-state index contributed by atoms with van der Waals surface area (Å²) in [4.78, 5) is 9.06. The first-order valence-electron chi connectivity index (χ1n) is 14.0. The van der Waals surface area contributed by atoms with Crippen molar-refractivity contribution in [3.63, 3.8) is 0 Å². The molecule has 2 atom stereocenters. The van der Waals surface area contributed by atoms with Gasteiger partial charge in [-0.2, -0.15) is 0 Å². The Labute approximate surface area is 245 Å². The molecule has 2 heterocycles. The van der Waals surface area contributed by atoms with Gasteiger partial charge >= 0.3 is 0 Å². The van der Waals surface area contributed by atoms with Gasteiger partial charge in [0.2, 0.25) is 0 Å². The molecular weight excluding hydrogens is 532 g/mol. The lowest BCUT2D eigenvalue weighted by atomic mass is 10.2. The molecule has 8 nitrogen and oxygen atoms in total. The summed E-state index contributed by atoms with van der Waals surface area (Å²) in [5.41, 5.74) is 3.69. The maximum absolute atomic E-state index is 5.82. The Morgan fingerprint density at radius 3 is 1.19 bits per heavy atom. The van der Waals surface area contributed by atoms with Gasteiger partial charge in [-0.05, 0) is 108 Å². The number of nitrogens with zero attached hydrogens (tertiary/aromatic N) is 2. The van der Waals surface area contributed by atoms with Crippen molar-refractivity contribution in [2.24, 2.45) is 9.98 Å². The SMILES string of the molecule is C(=Nc1ccc(OCC2CO2)cc1)c1ccc(OCCOc2ccc(C=Nc3ccc(OCC4CO4)cc3)cc2)cc1. The van der Waals surface area contributed by atoms with Crippen LogP contribution in [0.4, 0.5) is 11.4 Å². The number of benzene rings is 4. The standard InChI is InChI=1S/C34H32N2O6/c1-9-29(10-2-25(1)19-35-27-5-13-31(14-6-27)39-21-33-23-41-33)37-17-18-38-30-11-3-26(4-12-30)20-36-28-7-15-32(16-8-28)40-22-34-24-42-34/h1-16,19-20,33-34H,17-18,21-24H2. The van der Waals surface area contributed by atoms with Crippen molar-refractivity contribution >= 4 is 23.8 Å². The van der Waals surface area contributed by atoms with Gasteiger partial charge in [-0.1, -0.05) is 0 Å². The van der Waals surface area contributed by atoms with Crippen LogP contribution >= 0.6 is 0 Å². The molecule has 2 fully saturated rings. The van der Waals surface area contributed by atoms with Crippen LogP contribution in [0.1, 0.15) is 11.1 Å². The number of epoxide rings is 2. The normalized spacial score (nSPS) is 17.3. The minimum atomic E-state index is 0.246. The largest absolute Gasteiger partial charge is 0.491 e. The summed E-state index contributed by atoms with van der Waals surface area (Å²) in [6, 6.07) is 31.0. The zero-order valence-electron chi connectivity index (χ0n) is 23.1. The zero-order valence-corrected chi connectivity index (χ0v) is 23.1. The third kappa shape index (κ3) is 8.92. The third-order valence-electron chi connectivity index (χ3n) is 6.46. The van der Waals surface area contributed by atoms with E-state index < -0.39 is 0 Å². The average Bonchev–Trinajstić information content (AvgIpc) is 3.97. The molecule has 2 saturated heterocycles. The van der Waals surface area contributed by atoms with Crippen LogP contribution in [-0.4, -0.2) is 64.3 Å². The smallest absolute Gasteiger partial charge is 0.122 e. The molecule has 0 aliphatic carbocycles. The van der Waals surface area contributed by atoms with Gasteiger partial charge in [0.25, 0.3) is 0 Å². The van der Waals surface area contributed by atoms with E-state index in [-0.39, 0.29) is 12.2 Å². The van der Waals surface area contributed by atoms with Crippen LogP contribution in [0.3, 0.4) is 0 Å². The Bertz CT molecular complexity index is 1350. The Balaban J connectivity index is 0.886. The average molecular weight is 565 g/mol. The summed E-state index contributed by atoms with van der Waals surface area (Å²) in [6.45, 7) is 3.64. The summed E-state index contributed by atoms with van der Waals surface area (Å²) in [7, 11) is 0. The predicted molar refractivity (Wildman–Crippen MR) is 162 cm³/mol. The van der Waals surface area contributed by atoms with E-state index in [1.807, 2.05) is 109 Å². The van der Waals surface area contributed by atoms with Crippen LogP contribution in [0.5, 0.6) is 23.0 Å². The Morgan fingerprint density at radius 1 is 0.500 bits per heavy atom. The molecule has 6 rings (SSSR count). The molecule has 2 aliphatic heterocycles. The van der Waals surface area contributed by atoms with Crippen LogP contribution in [-0.2, 0) is 9.47 Å². The van der Waals surface area contributed by atoms with Crippen LogP contribution in [0.15, 0.2) is 107 Å². The fourth-order valence-electron chi connectivity index (χ4n) is 3.88. The Kier molecular flexibility index (Phi) is 9.04. The van der Waals surface area contributed by atoms with Crippen molar-refractivity contribution in [1.29, 1.82) is 0 Å². The number of ether oxygens (including phenoxy) is 6. The van der Waals surface area contributed by atoms with E-state index in [9.17, 15) is 0 Å². The molecule has 8 heteroatoms. The van der Waals surface area contributed by atoms with Crippen molar-refractivity contribution in [1.82, 2.24) is 0 Å². The summed E-state index contributed by atoms with van der Waals surface area (Å²) < 4.78 is 33.3. The van der Waals surface area contributed by atoms with Gasteiger partial charge < -0.3 is 28.4 Å². The molecule has 0 aromatic heterocycles. The van der Waals surface area contributed by atoms with Crippen LogP contribution in [0, 0.1) is 0 Å². The van der Waals surface area contributed by atoms with E-state index >= 15 is 0 Å². The second kappa shape index (κ2) is 13.8. The highest BCUT2D eigenvalue weighted by molar-refractivity contribution is 5.82. The molecule has 0 spiro atoms. The minimum absolute atomic E-state index is 0.246. The second-order valence-electron chi connectivity index (χ2n) is 9.87. The third-order valence-corrected chi connectivity index (χ3v) is 6.46. The summed E-state index contributed by atoms with van der Waals surface area (Å²) in [6.07, 6.45) is 4.14. The fraction of sp³-hybridized carbons (Fsp3) is 0.235. The van der Waals surface area contributed by atoms with Gasteiger partial charge in [0.15, 0.2) is 0 Å². The van der Waals surface area contributed by atoms with Gasteiger partial charge in [0, 0.05) is 12.4 Å². The molecule has 4 aromatic rings. The van der Waals surface area contributed by atoms with Gasteiger partial charge in [-0.3, -0.25) is 9.98 Å². The zero-order chi connectivity index (χ0) is 28.4. The Morgan fingerprint density at radius 2 is 0.833 bits per heavy atom. The highest BCUT2D eigenvalue weighted by atomic mass is 16.6. The molecule has 0 N–H and O–H groups in total. The molecule has 0 saturated carbocycles. The molecule has 0 amide bonds. The summed E-state index contributed by atoms with van der Waals surface area (Å²) in [5, 5.41) is 0. The first-order valence-corrected chi connectivity index (χ1v) is 14.0. The summed E-state index contributed by atoms with van der Waals surface area (Å²) >= 11 is 0. The fourth-order valence-corrected chi connectivity index (χ4v) is 3.88. The van der Waals surface area contributed by atoms with E-state index in [2.05, 4.69) is 9.98 Å². The molecular formula is C34H32N2O6. The van der Waals surface area contributed by atoms with E-state index in [0.29, 0.717) is 26.4 Å². The van der Waals surface area contributed by atoms with Gasteiger partial charge in [0.1, 0.15) is 61.6 Å². The highest BCUT2D eigenvalue weighted by Gasteiger charge is 2.23. The number of aliphatic imine (C=N–C) groups is 2. The van der Waals surface area contributed by atoms with E-state index in [4.69, 9.17) is 28.4 Å². The quantitative estimate of drug-likeness (QED) is 0.0971. The number of hydrogen-bond donors (Lipinski definition) is 0. The maximum atomic E-state index is 5.82. The molecule has 2 unspecified atom stereocenters. The first kappa shape index (κ1) is 27.5. The lowest BCUT2D eigenvalue weighted by Crippen LogP contribution is -2.09. The molecule has 42 heavy (non-hydrogen) atoms. The van der Waals surface area contributed by atoms with Crippen molar-refractivity contribution in [3.05, 3.63) is 108 Å². The van der Waals surface area contributed by atoms with Crippen molar-refractivity contribution < 1.29 is 28.4 Å². The molecule has 2 aliphatic rings. The van der Waals surface area contributed by atoms with Gasteiger partial charge in [0.05, 0.1) is 24.6 Å². The number of hydrogen-bond acceptors (Lipinski definition) is 8. The van der Waals surface area contributed by atoms with Crippen LogP contribution < -0.4 is 18.9 Å². The lowest BCUT2D eigenvalue weighted by molar-refractivity contribution is 0.217. The minimum Gasteiger partial charge on any atom is -0.491 e. The second-order valence-corrected chi connectivity index (χ2v) is 9.87. The van der Waals surface area contributed by atoms with Crippen molar-refractivity contribution in [2.75, 3.05) is 39.6 Å². The topological polar surface area (TPSA) is 86.7 Å². The lowest BCUT2D eigenvalue weighted by Gasteiger charge is -2.09. The number of rotatable bonds is 15. The maximum Gasteiger partial charge on any atom is 0.122 e. The van der Waals surface area contributed by atoms with Gasteiger partial charge in [-0.15, -0.1) is 0 Å². The molecule has 0 bridgehead atoms. The highest BCUT2D eigenvalue weighted by Crippen LogP contribution is 2.22. The molecule has 4 aromatic carbocycles. The van der Waals surface area contributed by atoms with E-state index in [0.717, 1.165) is 58.7 Å². The Hall–Kier alpha value is -4.66. The molecule has 0 radical (unpaired) electrons.